The topological polar surface area (TPSA) is 195 Å². The van der Waals surface area contributed by atoms with Crippen LogP contribution in [0, 0.1) is 5.21 Å². The van der Waals surface area contributed by atoms with E-state index in [-0.39, 0.29) is 24.7 Å². The molecule has 0 fully saturated rings. The molecule has 2 heterocycles. The molecule has 2 N–H and O–H groups in total. The van der Waals surface area contributed by atoms with Crippen molar-refractivity contribution in [1.29, 1.82) is 0 Å². The lowest BCUT2D eigenvalue weighted by Crippen LogP contribution is -2.41. The van der Waals surface area contributed by atoms with Crippen LogP contribution in [0.3, 0.4) is 0 Å². The molecular formula is C44H44N5O11P. The Labute approximate surface area is 351 Å². The minimum absolute atomic E-state index is 0.0152. The number of hydrogen-bond donors (Lipinski definition) is 2. The van der Waals surface area contributed by atoms with Crippen LogP contribution in [0.2, 0.25) is 0 Å². The summed E-state index contributed by atoms with van der Waals surface area (Å²) in [6.07, 6.45) is 1.61. The Morgan fingerprint density at radius 1 is 0.820 bits per heavy atom. The van der Waals surface area contributed by atoms with Gasteiger partial charge in [-0.3, -0.25) is 23.2 Å². The van der Waals surface area contributed by atoms with Gasteiger partial charge in [0.05, 0.1) is 34.0 Å². The number of methoxy groups -OCH3 is 3. The third kappa shape index (κ3) is 10.9. The molecule has 1 atom stereocenters. The number of benzene rings is 4. The average molecular weight is 850 g/mol. The molecule has 17 heteroatoms. The summed E-state index contributed by atoms with van der Waals surface area (Å²) >= 11 is 0. The van der Waals surface area contributed by atoms with Gasteiger partial charge in [-0.15, -0.1) is 0 Å². The van der Waals surface area contributed by atoms with Crippen LogP contribution < -0.4 is 29.9 Å². The smallest absolute Gasteiger partial charge is 0.349 e. The second kappa shape index (κ2) is 19.9. The minimum Gasteiger partial charge on any atom is -0.618 e. The molecule has 2 amide bonds. The highest BCUT2D eigenvalue weighted by atomic mass is 31.2. The molecule has 0 aliphatic rings. The van der Waals surface area contributed by atoms with Gasteiger partial charge < -0.3 is 39.3 Å². The first kappa shape index (κ1) is 43.7. The number of aromatic nitrogens is 3. The number of carbonyl (C=O) groups excluding carboxylic acids is 2. The predicted molar refractivity (Wildman–Crippen MR) is 224 cm³/mol. The zero-order chi connectivity index (χ0) is 43.4. The largest absolute Gasteiger partial charge is 0.618 e. The van der Waals surface area contributed by atoms with E-state index in [0.717, 1.165) is 15.0 Å². The van der Waals surface area contributed by atoms with Gasteiger partial charge in [-0.05, 0) is 59.2 Å². The molecule has 316 valence electrons. The second-order valence-electron chi connectivity index (χ2n) is 13.5. The van der Waals surface area contributed by atoms with Gasteiger partial charge in [0.25, 0.3) is 5.91 Å². The first-order valence-electron chi connectivity index (χ1n) is 18.9. The third-order valence-electron chi connectivity index (χ3n) is 9.63. The van der Waals surface area contributed by atoms with Crippen molar-refractivity contribution in [3.05, 3.63) is 183 Å². The standard InChI is InChI=1S/C44H44N5O11P/c1-56-37-18-14-34(15-19-37)44(33-12-8-5-9-13-33,35-16-20-38(57-2)21-17-35)59-27-26-48(31-61(54,55)60-30-36-28-39(58-3)22-25-49(36)53)41(50)29-47-24-23-40(46-43(47)52)45-42(51)32-10-6-4-7-11-32/h4-25,28H,26-27,29-31H2,1-3H3,(H,54,55)(H,45,46,51,52). The van der Waals surface area contributed by atoms with Gasteiger partial charge in [-0.25, -0.2) is 4.79 Å². The van der Waals surface area contributed by atoms with Gasteiger partial charge in [0.1, 0.15) is 48.1 Å². The van der Waals surface area contributed by atoms with Crippen molar-refractivity contribution < 1.29 is 47.2 Å². The van der Waals surface area contributed by atoms with Crippen molar-refractivity contribution in [2.24, 2.45) is 0 Å². The fourth-order valence-corrected chi connectivity index (χ4v) is 7.61. The van der Waals surface area contributed by atoms with Crippen molar-refractivity contribution in [3.63, 3.8) is 0 Å². The van der Waals surface area contributed by atoms with Crippen LogP contribution >= 0.6 is 7.60 Å². The first-order chi connectivity index (χ1) is 29.4. The summed E-state index contributed by atoms with van der Waals surface area (Å²) < 4.78 is 43.5. The number of nitrogens with zero attached hydrogens (tertiary/aromatic N) is 4. The summed E-state index contributed by atoms with van der Waals surface area (Å²) in [5.41, 5.74) is 0.338. The van der Waals surface area contributed by atoms with E-state index in [1.165, 1.54) is 37.7 Å². The molecule has 0 bridgehead atoms. The predicted octanol–water partition coefficient (Wildman–Crippen LogP) is 5.35. The number of rotatable bonds is 19. The fourth-order valence-electron chi connectivity index (χ4n) is 6.47. The molecule has 16 nitrogen and oxygen atoms in total. The molecule has 1 unspecified atom stereocenters. The SMILES string of the molecule is COc1ccc(C(OCCN(CP(=O)(O)OCc2cc(OC)cc[n+]2[O-])C(=O)Cn2ccc(NC(=O)c3ccccc3)nc2=O)(c2ccccc2)c2ccc(OC)cc2)cc1. The molecule has 2 aromatic heterocycles. The molecule has 6 aromatic rings. The summed E-state index contributed by atoms with van der Waals surface area (Å²) in [6, 6.07) is 36.5. The highest BCUT2D eigenvalue weighted by Gasteiger charge is 2.38. The second-order valence-corrected chi connectivity index (χ2v) is 15.3. The third-order valence-corrected chi connectivity index (χ3v) is 10.9. The van der Waals surface area contributed by atoms with E-state index in [0.29, 0.717) is 38.7 Å². The zero-order valence-electron chi connectivity index (χ0n) is 33.6. The van der Waals surface area contributed by atoms with E-state index in [1.807, 2.05) is 54.6 Å². The Hall–Kier alpha value is -6.84. The van der Waals surface area contributed by atoms with Gasteiger partial charge >= 0.3 is 13.3 Å². The highest BCUT2D eigenvalue weighted by molar-refractivity contribution is 7.52. The van der Waals surface area contributed by atoms with Crippen LogP contribution in [0.5, 0.6) is 17.2 Å². The number of pyridine rings is 1. The molecule has 0 aliphatic heterocycles. The molecular weight excluding hydrogens is 805 g/mol. The van der Waals surface area contributed by atoms with E-state index in [4.69, 9.17) is 23.5 Å². The van der Waals surface area contributed by atoms with Crippen LogP contribution in [0.4, 0.5) is 5.82 Å². The average Bonchev–Trinajstić information content (AvgIpc) is 3.28. The normalized spacial score (nSPS) is 12.2. The van der Waals surface area contributed by atoms with Crippen LogP contribution in [0.1, 0.15) is 32.7 Å². The van der Waals surface area contributed by atoms with Gasteiger partial charge in [0.15, 0.2) is 6.20 Å². The van der Waals surface area contributed by atoms with Gasteiger partial charge in [0, 0.05) is 24.4 Å². The molecule has 6 rings (SSSR count). The molecule has 0 radical (unpaired) electrons. The Kier molecular flexibility index (Phi) is 14.3. The maximum atomic E-state index is 14.1. The van der Waals surface area contributed by atoms with Crippen molar-refractivity contribution in [1.82, 2.24) is 14.5 Å². The lowest BCUT2D eigenvalue weighted by molar-refractivity contribution is -0.616. The van der Waals surface area contributed by atoms with Crippen LogP contribution in [-0.4, -0.2) is 71.9 Å². The van der Waals surface area contributed by atoms with E-state index < -0.39 is 50.1 Å². The van der Waals surface area contributed by atoms with Crippen molar-refractivity contribution in [2.75, 3.05) is 46.1 Å². The van der Waals surface area contributed by atoms with Gasteiger partial charge in [0.2, 0.25) is 11.6 Å². The molecule has 0 saturated heterocycles. The van der Waals surface area contributed by atoms with Crippen molar-refractivity contribution in [3.8, 4) is 17.2 Å². The highest BCUT2D eigenvalue weighted by Crippen LogP contribution is 2.44. The summed E-state index contributed by atoms with van der Waals surface area (Å²) in [7, 11) is -0.148. The summed E-state index contributed by atoms with van der Waals surface area (Å²) in [5.74, 6) is 0.271. The lowest BCUT2D eigenvalue weighted by atomic mass is 9.80. The van der Waals surface area contributed by atoms with E-state index in [1.54, 1.807) is 68.8 Å². The summed E-state index contributed by atoms with van der Waals surface area (Å²) in [5, 5.41) is 15.0. The maximum Gasteiger partial charge on any atom is 0.349 e. The molecule has 0 aliphatic carbocycles. The Morgan fingerprint density at radius 3 is 1.97 bits per heavy atom. The first-order valence-corrected chi connectivity index (χ1v) is 20.6. The van der Waals surface area contributed by atoms with Crippen molar-refractivity contribution >= 4 is 25.2 Å². The van der Waals surface area contributed by atoms with E-state index in [9.17, 15) is 29.0 Å². The van der Waals surface area contributed by atoms with E-state index >= 15 is 0 Å². The number of ether oxygens (including phenoxy) is 4. The minimum atomic E-state index is -4.68. The van der Waals surface area contributed by atoms with Crippen LogP contribution in [-0.2, 0) is 37.4 Å². The summed E-state index contributed by atoms with van der Waals surface area (Å²) in [4.78, 5) is 56.1. The molecule has 4 aromatic carbocycles. The number of anilines is 1. The molecule has 61 heavy (non-hydrogen) atoms. The van der Waals surface area contributed by atoms with E-state index in [2.05, 4.69) is 10.3 Å². The molecule has 0 spiro atoms. The number of hydrogen-bond acceptors (Lipinski definition) is 11. The quantitative estimate of drug-likeness (QED) is 0.0460. The van der Waals surface area contributed by atoms with Gasteiger partial charge in [-0.1, -0.05) is 72.8 Å². The molecule has 0 saturated carbocycles. The Balaban J connectivity index is 1.30. The monoisotopic (exact) mass is 849 g/mol. The Morgan fingerprint density at radius 2 is 1.39 bits per heavy atom. The van der Waals surface area contributed by atoms with Gasteiger partial charge in [-0.2, -0.15) is 9.71 Å². The Bertz CT molecular complexity index is 2480. The number of amides is 2. The van der Waals surface area contributed by atoms with Crippen LogP contribution in [0.15, 0.2) is 145 Å². The zero-order valence-corrected chi connectivity index (χ0v) is 34.5. The number of carbonyl (C=O) groups is 2. The maximum absolute atomic E-state index is 14.1. The van der Waals surface area contributed by atoms with Crippen molar-refractivity contribution in [2.45, 2.75) is 18.8 Å². The van der Waals surface area contributed by atoms with Crippen LogP contribution in [0.25, 0.3) is 0 Å². The fraction of sp³-hybridized carbons (Fsp3) is 0.205. The number of nitrogens with one attached hydrogen (secondary N) is 1. The lowest BCUT2D eigenvalue weighted by Gasteiger charge is -2.37. The summed E-state index contributed by atoms with van der Waals surface area (Å²) in [6.45, 7) is -1.65.